The zero-order valence-corrected chi connectivity index (χ0v) is 8.63. The summed E-state index contributed by atoms with van der Waals surface area (Å²) in [6.45, 7) is 0. The topological polar surface area (TPSA) is 49.7 Å². The van der Waals surface area contributed by atoms with Crippen LogP contribution in [0.4, 0.5) is 0 Å². The molecule has 3 nitrogen and oxygen atoms in total. The summed E-state index contributed by atoms with van der Waals surface area (Å²) >= 11 is 0. The largest absolute Gasteiger partial charge is 0.634 e. The maximum atomic E-state index is 8.88. The molecule has 0 saturated carbocycles. The van der Waals surface area contributed by atoms with Gasteiger partial charge in [0.1, 0.15) is 0 Å². The molecule has 2 aromatic carbocycles. The molecule has 0 radical (unpaired) electrons. The van der Waals surface area contributed by atoms with Crippen molar-refractivity contribution in [1.82, 2.24) is 0 Å². The van der Waals surface area contributed by atoms with Crippen molar-refractivity contribution in [3.63, 3.8) is 0 Å². The molecule has 0 fully saturated rings. The average molecular weight is 214 g/mol. The summed E-state index contributed by atoms with van der Waals surface area (Å²) < 4.78 is 5.09. The van der Waals surface area contributed by atoms with Gasteiger partial charge < -0.3 is 14.7 Å². The molecule has 0 spiro atoms. The van der Waals surface area contributed by atoms with E-state index in [1.54, 1.807) is 0 Å². The van der Waals surface area contributed by atoms with E-state index in [1.165, 1.54) is 16.3 Å². The van der Waals surface area contributed by atoms with Gasteiger partial charge in [-0.1, -0.05) is 36.4 Å². The molecule has 0 heterocycles. The highest BCUT2D eigenvalue weighted by molar-refractivity contribution is 6.32. The minimum absolute atomic E-state index is 0.249. The lowest BCUT2D eigenvalue weighted by atomic mass is 10.1. The van der Waals surface area contributed by atoms with Gasteiger partial charge in [0.2, 0.25) is 0 Å². The highest BCUT2D eigenvalue weighted by Crippen LogP contribution is 2.38. The second kappa shape index (κ2) is 3.59. The number of hydrogen-bond acceptors (Lipinski definition) is 3. The van der Waals surface area contributed by atoms with Crippen LogP contribution in [0, 0.1) is 0 Å². The predicted octanol–water partition coefficient (Wildman–Crippen LogP) is 1.42. The van der Waals surface area contributed by atoms with Gasteiger partial charge in [-0.2, -0.15) is 0 Å². The Balaban J connectivity index is 2.14. The normalized spacial score (nSPS) is 18.0. The standard InChI is InChI=1S/C12H11BO3/c14-13(15)16-11-7-9-5-1-3-8-4-2-6-10(11)12(8)9/h1-6,11,14-15H,7H2. The first-order valence-electron chi connectivity index (χ1n) is 5.28. The summed E-state index contributed by atoms with van der Waals surface area (Å²) in [6.07, 6.45) is 0.454. The second-order valence-electron chi connectivity index (χ2n) is 4.02. The molecule has 0 saturated heterocycles. The fourth-order valence-electron chi connectivity index (χ4n) is 2.47. The summed E-state index contributed by atoms with van der Waals surface area (Å²) in [4.78, 5) is 0. The van der Waals surface area contributed by atoms with Crippen LogP contribution in [0.25, 0.3) is 10.8 Å². The molecule has 1 atom stereocenters. The van der Waals surface area contributed by atoms with Gasteiger partial charge in [0.15, 0.2) is 0 Å². The van der Waals surface area contributed by atoms with Crippen LogP contribution in [0.1, 0.15) is 17.2 Å². The van der Waals surface area contributed by atoms with Crippen molar-refractivity contribution in [3.05, 3.63) is 47.5 Å². The third-order valence-corrected chi connectivity index (χ3v) is 3.06. The summed E-state index contributed by atoms with van der Waals surface area (Å²) in [7, 11) is -1.71. The first-order valence-corrected chi connectivity index (χ1v) is 5.28. The molecule has 16 heavy (non-hydrogen) atoms. The van der Waals surface area contributed by atoms with E-state index in [-0.39, 0.29) is 6.10 Å². The van der Waals surface area contributed by atoms with E-state index in [9.17, 15) is 0 Å². The fraction of sp³-hybridized carbons (Fsp3) is 0.167. The van der Waals surface area contributed by atoms with Crippen molar-refractivity contribution in [1.29, 1.82) is 0 Å². The highest BCUT2D eigenvalue weighted by Gasteiger charge is 2.27. The van der Waals surface area contributed by atoms with Crippen LogP contribution in [0.15, 0.2) is 36.4 Å². The molecule has 1 unspecified atom stereocenters. The molecule has 0 aliphatic heterocycles. The molecule has 0 bridgehead atoms. The first-order chi connectivity index (χ1) is 7.75. The van der Waals surface area contributed by atoms with E-state index in [0.29, 0.717) is 6.42 Å². The Hall–Kier alpha value is -1.36. The number of benzene rings is 2. The highest BCUT2D eigenvalue weighted by atomic mass is 16.6. The van der Waals surface area contributed by atoms with Crippen molar-refractivity contribution >= 4 is 18.1 Å². The van der Waals surface area contributed by atoms with Crippen molar-refractivity contribution in [2.75, 3.05) is 0 Å². The lowest BCUT2D eigenvalue weighted by molar-refractivity contribution is 0.123. The molecular weight excluding hydrogens is 203 g/mol. The molecule has 1 aliphatic carbocycles. The van der Waals surface area contributed by atoms with Crippen molar-refractivity contribution < 1.29 is 14.7 Å². The Kier molecular flexibility index (Phi) is 2.21. The maximum absolute atomic E-state index is 8.88. The Bertz CT molecular complexity index is 534. The van der Waals surface area contributed by atoms with Gasteiger partial charge >= 0.3 is 7.32 Å². The zero-order valence-electron chi connectivity index (χ0n) is 8.63. The molecule has 3 rings (SSSR count). The van der Waals surface area contributed by atoms with E-state index < -0.39 is 7.32 Å². The minimum atomic E-state index is -1.71. The monoisotopic (exact) mass is 214 g/mol. The van der Waals surface area contributed by atoms with Crippen molar-refractivity contribution in [3.8, 4) is 0 Å². The van der Waals surface area contributed by atoms with Crippen LogP contribution in [0.2, 0.25) is 0 Å². The van der Waals surface area contributed by atoms with Gasteiger partial charge in [-0.05, 0) is 21.9 Å². The Morgan fingerprint density at radius 3 is 2.62 bits per heavy atom. The zero-order chi connectivity index (χ0) is 11.1. The Morgan fingerprint density at radius 1 is 1.12 bits per heavy atom. The second-order valence-corrected chi connectivity index (χ2v) is 4.02. The van der Waals surface area contributed by atoms with Crippen LogP contribution in [-0.2, 0) is 11.1 Å². The maximum Gasteiger partial charge on any atom is 0.634 e. The van der Waals surface area contributed by atoms with Crippen LogP contribution >= 0.6 is 0 Å². The van der Waals surface area contributed by atoms with Gasteiger partial charge in [0, 0.05) is 6.42 Å². The van der Waals surface area contributed by atoms with Gasteiger partial charge in [0.05, 0.1) is 6.10 Å². The molecule has 2 N–H and O–H groups in total. The van der Waals surface area contributed by atoms with Crippen molar-refractivity contribution in [2.45, 2.75) is 12.5 Å². The summed E-state index contributed by atoms with van der Waals surface area (Å²) in [5, 5.41) is 20.1. The fourth-order valence-corrected chi connectivity index (χ4v) is 2.47. The van der Waals surface area contributed by atoms with Gasteiger partial charge in [-0.25, -0.2) is 0 Å². The average Bonchev–Trinajstić information content (AvgIpc) is 2.59. The molecule has 1 aliphatic rings. The predicted molar refractivity (Wildman–Crippen MR) is 61.7 cm³/mol. The quantitative estimate of drug-likeness (QED) is 0.743. The molecule has 0 amide bonds. The lowest BCUT2D eigenvalue weighted by Crippen LogP contribution is -2.20. The Morgan fingerprint density at radius 2 is 1.88 bits per heavy atom. The summed E-state index contributed by atoms with van der Waals surface area (Å²) in [6, 6.07) is 12.1. The number of hydrogen-bond donors (Lipinski definition) is 2. The van der Waals surface area contributed by atoms with E-state index in [2.05, 4.69) is 18.2 Å². The summed E-state index contributed by atoms with van der Waals surface area (Å²) in [5.41, 5.74) is 2.25. The molecule has 0 aromatic heterocycles. The van der Waals surface area contributed by atoms with Gasteiger partial charge in [-0.3, -0.25) is 0 Å². The van der Waals surface area contributed by atoms with Gasteiger partial charge in [-0.15, -0.1) is 0 Å². The first kappa shape index (κ1) is 9.84. The van der Waals surface area contributed by atoms with E-state index in [1.807, 2.05) is 18.2 Å². The van der Waals surface area contributed by atoms with Crippen molar-refractivity contribution in [2.24, 2.45) is 0 Å². The minimum Gasteiger partial charge on any atom is -0.402 e. The van der Waals surface area contributed by atoms with E-state index >= 15 is 0 Å². The van der Waals surface area contributed by atoms with Crippen LogP contribution in [0.3, 0.4) is 0 Å². The van der Waals surface area contributed by atoms with E-state index in [0.717, 1.165) is 5.56 Å². The van der Waals surface area contributed by atoms with Crippen LogP contribution < -0.4 is 0 Å². The lowest BCUT2D eigenvalue weighted by Gasteiger charge is -2.12. The van der Waals surface area contributed by atoms with Crippen LogP contribution in [0.5, 0.6) is 0 Å². The molecule has 4 heteroatoms. The smallest absolute Gasteiger partial charge is 0.402 e. The van der Waals surface area contributed by atoms with E-state index in [4.69, 9.17) is 14.7 Å². The molecular formula is C12H11BO3. The SMILES string of the molecule is OB(O)OC1Cc2cccc3cccc1c23. The Labute approximate surface area is 93.5 Å². The summed E-state index contributed by atoms with van der Waals surface area (Å²) in [5.74, 6) is 0. The third kappa shape index (κ3) is 1.43. The number of rotatable bonds is 2. The van der Waals surface area contributed by atoms with Crippen LogP contribution in [-0.4, -0.2) is 17.4 Å². The van der Waals surface area contributed by atoms with Gasteiger partial charge in [0.25, 0.3) is 0 Å². The third-order valence-electron chi connectivity index (χ3n) is 3.06. The molecule has 80 valence electrons. The molecule has 2 aromatic rings.